The number of carbonyl (C=O) groups excluding carboxylic acids is 1. The summed E-state index contributed by atoms with van der Waals surface area (Å²) in [5.41, 5.74) is 5.08. The second-order valence-corrected chi connectivity index (χ2v) is 4.65. The number of carbonyl (C=O) groups is 1. The standard InChI is InChI=1S/C12H13BrN2O3/c1-3-8-10(9-5-4-7(13)6-14-9)15-18-11(8)12(16)17-2/h4-6,11,15H,3H2,1-2H3. The Morgan fingerprint density at radius 1 is 1.61 bits per heavy atom. The van der Waals surface area contributed by atoms with Crippen LogP contribution in [0.15, 0.2) is 28.4 Å². The molecule has 1 unspecified atom stereocenters. The maximum Gasteiger partial charge on any atom is 0.342 e. The fraction of sp³-hybridized carbons (Fsp3) is 0.333. The molecule has 0 aromatic carbocycles. The molecule has 5 nitrogen and oxygen atoms in total. The van der Waals surface area contributed by atoms with Crippen molar-refractivity contribution < 1.29 is 14.4 Å². The van der Waals surface area contributed by atoms with Gasteiger partial charge in [-0.3, -0.25) is 15.3 Å². The first-order valence-electron chi connectivity index (χ1n) is 5.51. The minimum Gasteiger partial charge on any atom is -0.467 e. The van der Waals surface area contributed by atoms with Crippen LogP contribution < -0.4 is 5.48 Å². The maximum atomic E-state index is 11.6. The van der Waals surface area contributed by atoms with Crippen LogP contribution in [-0.4, -0.2) is 24.2 Å². The average Bonchev–Trinajstić information content (AvgIpc) is 2.82. The van der Waals surface area contributed by atoms with E-state index in [4.69, 9.17) is 9.57 Å². The molecular weight excluding hydrogens is 300 g/mol. The number of nitrogens with zero attached hydrogens (tertiary/aromatic N) is 1. The number of ether oxygens (including phenoxy) is 1. The predicted molar refractivity (Wildman–Crippen MR) is 69.2 cm³/mol. The third-order valence-corrected chi connectivity index (χ3v) is 3.17. The SMILES string of the molecule is CCC1=C(c2ccc(Br)cn2)NOC1C(=O)OC. The lowest BCUT2D eigenvalue weighted by Gasteiger charge is -2.08. The molecule has 2 rings (SSSR count). The number of aromatic nitrogens is 1. The molecule has 0 fully saturated rings. The average molecular weight is 313 g/mol. The van der Waals surface area contributed by atoms with Gasteiger partial charge in [0.1, 0.15) is 0 Å². The normalized spacial score (nSPS) is 18.7. The van der Waals surface area contributed by atoms with Crippen LogP contribution in [0.4, 0.5) is 0 Å². The summed E-state index contributed by atoms with van der Waals surface area (Å²) in [6.45, 7) is 1.96. The number of hydrogen-bond acceptors (Lipinski definition) is 5. The van der Waals surface area contributed by atoms with Crippen LogP contribution in [0, 0.1) is 0 Å². The van der Waals surface area contributed by atoms with Gasteiger partial charge >= 0.3 is 5.97 Å². The van der Waals surface area contributed by atoms with Gasteiger partial charge in [0.2, 0.25) is 6.10 Å². The first-order valence-corrected chi connectivity index (χ1v) is 6.31. The molecule has 1 N–H and O–H groups in total. The van der Waals surface area contributed by atoms with Crippen LogP contribution in [0.25, 0.3) is 5.70 Å². The highest BCUT2D eigenvalue weighted by Gasteiger charge is 2.33. The minimum atomic E-state index is -0.694. The number of hydrogen-bond donors (Lipinski definition) is 1. The molecule has 0 radical (unpaired) electrons. The molecule has 96 valence electrons. The summed E-state index contributed by atoms with van der Waals surface area (Å²) in [5.74, 6) is -0.411. The van der Waals surface area contributed by atoms with E-state index in [9.17, 15) is 4.79 Å². The molecule has 1 aliphatic rings. The van der Waals surface area contributed by atoms with Crippen molar-refractivity contribution in [2.45, 2.75) is 19.4 Å². The van der Waals surface area contributed by atoms with Gasteiger partial charge in [0.25, 0.3) is 0 Å². The number of methoxy groups -OCH3 is 1. The first-order chi connectivity index (χ1) is 8.67. The van der Waals surface area contributed by atoms with Crippen LogP contribution in [0.3, 0.4) is 0 Å². The molecule has 1 atom stereocenters. The van der Waals surface area contributed by atoms with Crippen LogP contribution in [0.1, 0.15) is 19.0 Å². The summed E-state index contributed by atoms with van der Waals surface area (Å²) in [5, 5.41) is 0. The first kappa shape index (κ1) is 13.0. The Morgan fingerprint density at radius 2 is 2.39 bits per heavy atom. The number of nitrogens with one attached hydrogen (secondary N) is 1. The fourth-order valence-corrected chi connectivity index (χ4v) is 2.02. The molecule has 6 heteroatoms. The Morgan fingerprint density at radius 3 is 2.94 bits per heavy atom. The van der Waals surface area contributed by atoms with Crippen LogP contribution >= 0.6 is 15.9 Å². The van der Waals surface area contributed by atoms with Crippen molar-refractivity contribution in [3.05, 3.63) is 34.1 Å². The molecule has 0 aliphatic carbocycles. The summed E-state index contributed by atoms with van der Waals surface area (Å²) in [6, 6.07) is 3.74. The highest BCUT2D eigenvalue weighted by molar-refractivity contribution is 9.10. The lowest BCUT2D eigenvalue weighted by Crippen LogP contribution is -2.25. The van der Waals surface area contributed by atoms with Crippen molar-refractivity contribution in [1.29, 1.82) is 0 Å². The number of rotatable bonds is 3. The van der Waals surface area contributed by atoms with Gasteiger partial charge in [-0.25, -0.2) is 4.79 Å². The number of hydroxylamine groups is 1. The zero-order valence-electron chi connectivity index (χ0n) is 10.1. The van der Waals surface area contributed by atoms with Gasteiger partial charge in [-0.2, -0.15) is 0 Å². The summed E-state index contributed by atoms with van der Waals surface area (Å²) in [6.07, 6.45) is 1.68. The lowest BCUT2D eigenvalue weighted by molar-refractivity contribution is -0.152. The van der Waals surface area contributed by atoms with Gasteiger partial charge in [0.05, 0.1) is 18.5 Å². The smallest absolute Gasteiger partial charge is 0.342 e. The maximum absolute atomic E-state index is 11.6. The van der Waals surface area contributed by atoms with E-state index in [1.165, 1.54) is 7.11 Å². The van der Waals surface area contributed by atoms with Gasteiger partial charge in [0.15, 0.2) is 0 Å². The molecule has 18 heavy (non-hydrogen) atoms. The second-order valence-electron chi connectivity index (χ2n) is 3.74. The molecule has 0 spiro atoms. The van der Waals surface area contributed by atoms with E-state index in [0.29, 0.717) is 6.42 Å². The number of pyridine rings is 1. The van der Waals surface area contributed by atoms with E-state index in [1.807, 2.05) is 19.1 Å². The largest absolute Gasteiger partial charge is 0.467 e. The van der Waals surface area contributed by atoms with Crippen molar-refractivity contribution in [3.8, 4) is 0 Å². The summed E-state index contributed by atoms with van der Waals surface area (Å²) in [4.78, 5) is 21.1. The van der Waals surface area contributed by atoms with E-state index in [-0.39, 0.29) is 0 Å². The lowest BCUT2D eigenvalue weighted by atomic mass is 10.0. The van der Waals surface area contributed by atoms with Crippen LogP contribution in [-0.2, 0) is 14.4 Å². The van der Waals surface area contributed by atoms with Crippen molar-refractivity contribution in [3.63, 3.8) is 0 Å². The van der Waals surface area contributed by atoms with Crippen molar-refractivity contribution in [1.82, 2.24) is 10.5 Å². The Kier molecular flexibility index (Phi) is 3.98. The topological polar surface area (TPSA) is 60.5 Å². The zero-order valence-corrected chi connectivity index (χ0v) is 11.7. The number of halogens is 1. The Bertz CT molecular complexity index is 485. The van der Waals surface area contributed by atoms with Crippen molar-refractivity contribution >= 4 is 27.6 Å². The van der Waals surface area contributed by atoms with Gasteiger partial charge in [-0.05, 0) is 40.1 Å². The molecular formula is C12H13BrN2O3. The molecule has 0 amide bonds. The highest BCUT2D eigenvalue weighted by Crippen LogP contribution is 2.28. The summed E-state index contributed by atoms with van der Waals surface area (Å²) in [7, 11) is 1.34. The monoisotopic (exact) mass is 312 g/mol. The molecule has 0 saturated heterocycles. The molecule has 1 aromatic heterocycles. The third-order valence-electron chi connectivity index (χ3n) is 2.70. The quantitative estimate of drug-likeness (QED) is 0.865. The Hall–Kier alpha value is -1.40. The van der Waals surface area contributed by atoms with Crippen molar-refractivity contribution in [2.24, 2.45) is 0 Å². The summed E-state index contributed by atoms with van der Waals surface area (Å²) >= 11 is 3.33. The third kappa shape index (κ3) is 2.39. The van der Waals surface area contributed by atoms with Gasteiger partial charge in [-0.15, -0.1) is 0 Å². The summed E-state index contributed by atoms with van der Waals surface area (Å²) < 4.78 is 5.60. The van der Waals surface area contributed by atoms with Crippen LogP contribution in [0.5, 0.6) is 0 Å². The Balaban J connectivity index is 2.36. The van der Waals surface area contributed by atoms with E-state index < -0.39 is 12.1 Å². The van der Waals surface area contributed by atoms with E-state index in [1.54, 1.807) is 6.20 Å². The Labute approximate surface area is 113 Å². The fourth-order valence-electron chi connectivity index (χ4n) is 1.79. The highest BCUT2D eigenvalue weighted by atomic mass is 79.9. The van der Waals surface area contributed by atoms with Crippen molar-refractivity contribution in [2.75, 3.05) is 7.11 Å². The molecule has 2 heterocycles. The van der Waals surface area contributed by atoms with Crippen LogP contribution in [0.2, 0.25) is 0 Å². The molecule has 0 bridgehead atoms. The minimum absolute atomic E-state index is 0.411. The predicted octanol–water partition coefficient (Wildman–Crippen LogP) is 2.04. The molecule has 0 saturated carbocycles. The molecule has 1 aliphatic heterocycles. The van der Waals surface area contributed by atoms with Gasteiger partial charge < -0.3 is 4.74 Å². The zero-order chi connectivity index (χ0) is 13.1. The second kappa shape index (κ2) is 5.49. The van der Waals surface area contributed by atoms with Gasteiger partial charge in [-0.1, -0.05) is 6.92 Å². The number of esters is 1. The van der Waals surface area contributed by atoms with Gasteiger partial charge in [0, 0.05) is 10.7 Å². The van der Waals surface area contributed by atoms with E-state index in [2.05, 4.69) is 26.4 Å². The van der Waals surface area contributed by atoms with E-state index >= 15 is 0 Å². The molecule has 1 aromatic rings. The van der Waals surface area contributed by atoms with E-state index in [0.717, 1.165) is 21.4 Å².